The Hall–Kier alpha value is -0.160. The van der Waals surface area contributed by atoms with E-state index in [1.54, 1.807) is 0 Å². The van der Waals surface area contributed by atoms with Gasteiger partial charge in [0.25, 0.3) is 0 Å². The molecule has 1 unspecified atom stereocenters. The SMILES string of the molecule is CC.CCC(C)N(C)CCN1CCN(CC2CCN(CC)CC2)CC1. The molecule has 0 radical (unpaired) electrons. The molecule has 0 saturated carbocycles. The first-order chi connectivity index (χ1) is 12.1. The van der Waals surface area contributed by atoms with Crippen molar-refractivity contribution in [2.24, 2.45) is 5.92 Å². The summed E-state index contributed by atoms with van der Waals surface area (Å²) in [6.45, 7) is 23.7. The Balaban J connectivity index is 0.00000151. The number of piperazine rings is 1. The standard InChI is InChI=1S/C19H40N4.C2H6/c1-5-18(3)20(4)11-12-22-13-15-23(16-14-22)17-19-7-9-21(6-2)10-8-19;1-2/h18-19H,5-17H2,1-4H3;1-2H3. The third kappa shape index (κ3) is 8.38. The number of likely N-dealkylation sites (N-methyl/N-ethyl adjacent to an activating group) is 1. The van der Waals surface area contributed by atoms with Crippen molar-refractivity contribution in [3.63, 3.8) is 0 Å². The van der Waals surface area contributed by atoms with Gasteiger partial charge < -0.3 is 14.7 Å². The molecule has 2 rings (SSSR count). The van der Waals surface area contributed by atoms with E-state index in [1.807, 2.05) is 13.8 Å². The first-order valence-corrected chi connectivity index (χ1v) is 11.0. The largest absolute Gasteiger partial charge is 0.304 e. The Bertz CT molecular complexity index is 307. The molecule has 0 bridgehead atoms. The summed E-state index contributed by atoms with van der Waals surface area (Å²) in [4.78, 5) is 10.5. The minimum atomic E-state index is 0.713. The summed E-state index contributed by atoms with van der Waals surface area (Å²) < 4.78 is 0. The molecule has 1 atom stereocenters. The Kier molecular flexibility index (Phi) is 12.0. The van der Waals surface area contributed by atoms with Crippen LogP contribution in [0, 0.1) is 5.92 Å². The van der Waals surface area contributed by atoms with Crippen LogP contribution in [0.15, 0.2) is 0 Å². The predicted molar refractivity (Wildman–Crippen MR) is 111 cm³/mol. The van der Waals surface area contributed by atoms with Gasteiger partial charge in [0.05, 0.1) is 0 Å². The van der Waals surface area contributed by atoms with Crippen molar-refractivity contribution in [3.05, 3.63) is 0 Å². The van der Waals surface area contributed by atoms with Gasteiger partial charge in [-0.2, -0.15) is 0 Å². The zero-order chi connectivity index (χ0) is 18.7. The van der Waals surface area contributed by atoms with Crippen molar-refractivity contribution in [2.75, 3.05) is 72.5 Å². The third-order valence-corrected chi connectivity index (χ3v) is 6.25. The molecule has 0 aromatic heterocycles. The summed E-state index contributed by atoms with van der Waals surface area (Å²) in [6, 6.07) is 0.713. The molecule has 2 saturated heterocycles. The highest BCUT2D eigenvalue weighted by molar-refractivity contribution is 4.78. The maximum atomic E-state index is 2.72. The highest BCUT2D eigenvalue weighted by atomic mass is 15.3. The number of likely N-dealkylation sites (tertiary alicyclic amines) is 1. The number of piperidine rings is 1. The minimum Gasteiger partial charge on any atom is -0.304 e. The molecule has 0 aromatic carbocycles. The van der Waals surface area contributed by atoms with E-state index in [2.05, 4.69) is 47.4 Å². The normalized spacial score (nSPS) is 22.7. The van der Waals surface area contributed by atoms with Gasteiger partial charge in [0, 0.05) is 51.9 Å². The van der Waals surface area contributed by atoms with E-state index >= 15 is 0 Å². The van der Waals surface area contributed by atoms with Crippen molar-refractivity contribution in [1.82, 2.24) is 19.6 Å². The minimum absolute atomic E-state index is 0.713. The number of hydrogen-bond acceptors (Lipinski definition) is 4. The average molecular weight is 355 g/mol. The molecule has 2 fully saturated rings. The van der Waals surface area contributed by atoms with Crippen LogP contribution in [-0.2, 0) is 0 Å². The maximum absolute atomic E-state index is 2.72. The molecule has 2 aliphatic heterocycles. The van der Waals surface area contributed by atoms with E-state index in [0.717, 1.165) is 5.92 Å². The van der Waals surface area contributed by atoms with Crippen molar-refractivity contribution in [1.29, 1.82) is 0 Å². The van der Waals surface area contributed by atoms with E-state index in [9.17, 15) is 0 Å². The second kappa shape index (κ2) is 13.1. The van der Waals surface area contributed by atoms with Crippen LogP contribution in [0.4, 0.5) is 0 Å². The van der Waals surface area contributed by atoms with Crippen LogP contribution in [0.5, 0.6) is 0 Å². The summed E-state index contributed by atoms with van der Waals surface area (Å²) in [5.74, 6) is 0.945. The lowest BCUT2D eigenvalue weighted by atomic mass is 9.96. The smallest absolute Gasteiger partial charge is 0.0110 e. The lowest BCUT2D eigenvalue weighted by molar-refractivity contribution is 0.0888. The fourth-order valence-corrected chi connectivity index (χ4v) is 3.88. The van der Waals surface area contributed by atoms with Crippen LogP contribution in [0.1, 0.15) is 53.9 Å². The second-order valence-electron chi connectivity index (χ2n) is 7.76. The molecule has 150 valence electrons. The first-order valence-electron chi connectivity index (χ1n) is 11.0. The molecule has 0 amide bonds. The maximum Gasteiger partial charge on any atom is 0.0110 e. The average Bonchev–Trinajstić information content (AvgIpc) is 2.68. The van der Waals surface area contributed by atoms with E-state index in [-0.39, 0.29) is 0 Å². The third-order valence-electron chi connectivity index (χ3n) is 6.25. The first kappa shape index (κ1) is 22.9. The van der Waals surface area contributed by atoms with Gasteiger partial charge in [-0.1, -0.05) is 27.7 Å². The Morgan fingerprint density at radius 2 is 1.44 bits per heavy atom. The van der Waals surface area contributed by atoms with Crippen LogP contribution < -0.4 is 0 Å². The quantitative estimate of drug-likeness (QED) is 0.664. The predicted octanol–water partition coefficient (Wildman–Crippen LogP) is 3.09. The lowest BCUT2D eigenvalue weighted by Gasteiger charge is -2.39. The molecular weight excluding hydrogens is 308 g/mol. The molecule has 4 heteroatoms. The molecule has 0 N–H and O–H groups in total. The van der Waals surface area contributed by atoms with Gasteiger partial charge in [-0.15, -0.1) is 0 Å². The van der Waals surface area contributed by atoms with E-state index in [4.69, 9.17) is 0 Å². The lowest BCUT2D eigenvalue weighted by Crippen LogP contribution is -2.50. The van der Waals surface area contributed by atoms with Crippen LogP contribution in [-0.4, -0.2) is 98.1 Å². The van der Waals surface area contributed by atoms with Gasteiger partial charge in [-0.05, 0) is 58.8 Å². The zero-order valence-corrected chi connectivity index (χ0v) is 18.1. The Morgan fingerprint density at radius 1 is 0.880 bits per heavy atom. The van der Waals surface area contributed by atoms with Gasteiger partial charge >= 0.3 is 0 Å². The van der Waals surface area contributed by atoms with Gasteiger partial charge in [0.2, 0.25) is 0 Å². The van der Waals surface area contributed by atoms with Crippen LogP contribution in [0.25, 0.3) is 0 Å². The molecule has 2 aliphatic rings. The Labute approximate surface area is 158 Å². The number of hydrogen-bond donors (Lipinski definition) is 0. The summed E-state index contributed by atoms with van der Waals surface area (Å²) in [5, 5.41) is 0. The fourth-order valence-electron chi connectivity index (χ4n) is 3.88. The van der Waals surface area contributed by atoms with Crippen LogP contribution in [0.3, 0.4) is 0 Å². The molecule has 2 heterocycles. The van der Waals surface area contributed by atoms with E-state index in [0.29, 0.717) is 6.04 Å². The molecule has 25 heavy (non-hydrogen) atoms. The van der Waals surface area contributed by atoms with Crippen molar-refractivity contribution in [3.8, 4) is 0 Å². The summed E-state index contributed by atoms with van der Waals surface area (Å²) in [6.07, 6.45) is 4.07. The van der Waals surface area contributed by atoms with E-state index in [1.165, 1.54) is 84.7 Å². The topological polar surface area (TPSA) is 13.0 Å². The second-order valence-corrected chi connectivity index (χ2v) is 7.76. The van der Waals surface area contributed by atoms with Crippen LogP contribution >= 0.6 is 0 Å². The highest BCUT2D eigenvalue weighted by Crippen LogP contribution is 2.19. The molecule has 0 spiro atoms. The zero-order valence-electron chi connectivity index (χ0n) is 18.1. The number of nitrogens with zero attached hydrogens (tertiary/aromatic N) is 4. The van der Waals surface area contributed by atoms with Crippen molar-refractivity contribution in [2.45, 2.75) is 59.9 Å². The van der Waals surface area contributed by atoms with Gasteiger partial charge in [-0.25, -0.2) is 0 Å². The molecule has 4 nitrogen and oxygen atoms in total. The molecule has 0 aromatic rings. The Morgan fingerprint density at radius 3 is 1.96 bits per heavy atom. The van der Waals surface area contributed by atoms with Crippen LogP contribution in [0.2, 0.25) is 0 Å². The molecule has 0 aliphatic carbocycles. The van der Waals surface area contributed by atoms with Gasteiger partial charge in [-0.3, -0.25) is 4.90 Å². The fraction of sp³-hybridized carbons (Fsp3) is 1.00. The monoisotopic (exact) mass is 354 g/mol. The highest BCUT2D eigenvalue weighted by Gasteiger charge is 2.23. The van der Waals surface area contributed by atoms with Gasteiger partial charge in [0.15, 0.2) is 0 Å². The van der Waals surface area contributed by atoms with Crippen molar-refractivity contribution < 1.29 is 0 Å². The molecular formula is C21H46N4. The number of rotatable bonds is 8. The van der Waals surface area contributed by atoms with Gasteiger partial charge in [0.1, 0.15) is 0 Å². The summed E-state index contributed by atoms with van der Waals surface area (Å²) in [7, 11) is 2.27. The summed E-state index contributed by atoms with van der Waals surface area (Å²) in [5.41, 5.74) is 0. The van der Waals surface area contributed by atoms with Crippen molar-refractivity contribution >= 4 is 0 Å². The van der Waals surface area contributed by atoms with E-state index < -0.39 is 0 Å². The summed E-state index contributed by atoms with van der Waals surface area (Å²) >= 11 is 0.